The van der Waals surface area contributed by atoms with E-state index in [9.17, 15) is 4.79 Å². The third-order valence-corrected chi connectivity index (χ3v) is 2.13. The molecule has 0 atom stereocenters. The lowest BCUT2D eigenvalue weighted by molar-refractivity contribution is -0.132. The van der Waals surface area contributed by atoms with E-state index in [0.29, 0.717) is 12.0 Å². The summed E-state index contributed by atoms with van der Waals surface area (Å²) < 4.78 is 0. The second-order valence-corrected chi connectivity index (χ2v) is 3.06. The predicted molar refractivity (Wildman–Crippen MR) is 46.8 cm³/mol. The summed E-state index contributed by atoms with van der Waals surface area (Å²) in [6.07, 6.45) is 4.77. The van der Waals surface area contributed by atoms with Crippen molar-refractivity contribution >= 4 is 5.97 Å². The maximum atomic E-state index is 10.6. The van der Waals surface area contributed by atoms with Crippen molar-refractivity contribution in [3.8, 4) is 0 Å². The van der Waals surface area contributed by atoms with Crippen LogP contribution in [-0.4, -0.2) is 29.1 Å². The molecule has 0 radical (unpaired) electrons. The highest BCUT2D eigenvalue weighted by Gasteiger charge is 2.11. The Kier molecular flexibility index (Phi) is 3.14. The lowest BCUT2D eigenvalue weighted by atomic mass is 10.2. The molecule has 1 heterocycles. The second-order valence-electron chi connectivity index (χ2n) is 3.06. The molecule has 1 saturated heterocycles. The number of likely N-dealkylation sites (tertiary alicyclic amines) is 1. The van der Waals surface area contributed by atoms with E-state index in [0.717, 1.165) is 13.1 Å². The minimum atomic E-state index is -0.788. The molecule has 1 rings (SSSR count). The Balaban J connectivity index is 2.56. The van der Waals surface area contributed by atoms with E-state index in [-0.39, 0.29) is 0 Å². The highest BCUT2D eigenvalue weighted by Crippen LogP contribution is 2.11. The number of aliphatic carboxylic acids is 1. The van der Waals surface area contributed by atoms with E-state index in [1.807, 2.05) is 6.92 Å². The second kappa shape index (κ2) is 4.14. The van der Waals surface area contributed by atoms with Crippen molar-refractivity contribution in [2.75, 3.05) is 13.1 Å². The van der Waals surface area contributed by atoms with Crippen LogP contribution in [0.25, 0.3) is 0 Å². The molecule has 0 saturated carbocycles. The zero-order valence-corrected chi connectivity index (χ0v) is 7.42. The van der Waals surface area contributed by atoms with E-state index in [4.69, 9.17) is 5.11 Å². The number of carbonyl (C=O) groups is 1. The monoisotopic (exact) mass is 169 g/mol. The number of carboxylic acids is 1. The molecule has 1 aliphatic heterocycles. The van der Waals surface area contributed by atoms with Crippen molar-refractivity contribution in [1.82, 2.24) is 4.90 Å². The van der Waals surface area contributed by atoms with Gasteiger partial charge in [0.15, 0.2) is 0 Å². The van der Waals surface area contributed by atoms with Crippen LogP contribution in [0.15, 0.2) is 11.8 Å². The Hall–Kier alpha value is -0.990. The standard InChI is InChI=1S/C9H15NO2/c1-2-8(9(11)12)7-10-5-3-4-6-10/h7H,2-6H2,1H3,(H,11,12)/b8-7+. The van der Waals surface area contributed by atoms with Gasteiger partial charge in [0.2, 0.25) is 0 Å². The van der Waals surface area contributed by atoms with Crippen LogP contribution in [0.3, 0.4) is 0 Å². The van der Waals surface area contributed by atoms with Crippen molar-refractivity contribution in [1.29, 1.82) is 0 Å². The maximum Gasteiger partial charge on any atom is 0.333 e. The van der Waals surface area contributed by atoms with E-state index >= 15 is 0 Å². The van der Waals surface area contributed by atoms with Gasteiger partial charge in [-0.3, -0.25) is 0 Å². The number of hydrogen-bond donors (Lipinski definition) is 1. The molecule has 0 amide bonds. The molecule has 1 fully saturated rings. The Bertz CT molecular complexity index is 193. The Morgan fingerprint density at radius 1 is 1.50 bits per heavy atom. The number of nitrogens with zero attached hydrogens (tertiary/aromatic N) is 1. The molecule has 0 aromatic carbocycles. The fraction of sp³-hybridized carbons (Fsp3) is 0.667. The van der Waals surface area contributed by atoms with Gasteiger partial charge in [0.05, 0.1) is 5.57 Å². The molecule has 12 heavy (non-hydrogen) atoms. The first-order chi connectivity index (χ1) is 5.74. The molecule has 1 aliphatic rings. The first-order valence-corrected chi connectivity index (χ1v) is 4.42. The summed E-state index contributed by atoms with van der Waals surface area (Å²) in [5.74, 6) is -0.788. The summed E-state index contributed by atoms with van der Waals surface area (Å²) in [5.41, 5.74) is 0.511. The number of rotatable bonds is 3. The quantitative estimate of drug-likeness (QED) is 0.650. The largest absolute Gasteiger partial charge is 0.478 e. The van der Waals surface area contributed by atoms with Crippen molar-refractivity contribution in [3.63, 3.8) is 0 Å². The molecule has 0 spiro atoms. The zero-order chi connectivity index (χ0) is 8.97. The average Bonchev–Trinajstić information content (AvgIpc) is 2.51. The van der Waals surface area contributed by atoms with E-state index < -0.39 is 5.97 Å². The fourth-order valence-corrected chi connectivity index (χ4v) is 1.39. The van der Waals surface area contributed by atoms with Gasteiger partial charge >= 0.3 is 5.97 Å². The van der Waals surface area contributed by atoms with Crippen LogP contribution in [0.2, 0.25) is 0 Å². The lowest BCUT2D eigenvalue weighted by Gasteiger charge is -2.12. The van der Waals surface area contributed by atoms with Gasteiger partial charge in [0, 0.05) is 19.3 Å². The summed E-state index contributed by atoms with van der Waals surface area (Å²) in [4.78, 5) is 12.7. The van der Waals surface area contributed by atoms with Gasteiger partial charge in [-0.15, -0.1) is 0 Å². The van der Waals surface area contributed by atoms with E-state index in [1.54, 1.807) is 6.20 Å². The highest BCUT2D eigenvalue weighted by atomic mass is 16.4. The van der Waals surface area contributed by atoms with Crippen LogP contribution in [0.4, 0.5) is 0 Å². The van der Waals surface area contributed by atoms with Gasteiger partial charge in [0.25, 0.3) is 0 Å². The van der Waals surface area contributed by atoms with Gasteiger partial charge in [-0.25, -0.2) is 4.79 Å². The van der Waals surface area contributed by atoms with Crippen molar-refractivity contribution in [2.24, 2.45) is 0 Å². The van der Waals surface area contributed by atoms with Gasteiger partial charge in [0.1, 0.15) is 0 Å². The Labute approximate surface area is 72.7 Å². The maximum absolute atomic E-state index is 10.6. The van der Waals surface area contributed by atoms with Crippen LogP contribution in [-0.2, 0) is 4.79 Å². The molecule has 0 aliphatic carbocycles. The third kappa shape index (κ3) is 2.26. The Morgan fingerprint density at radius 3 is 2.50 bits per heavy atom. The van der Waals surface area contributed by atoms with Gasteiger partial charge in [-0.05, 0) is 19.3 Å². The molecular weight excluding hydrogens is 154 g/mol. The van der Waals surface area contributed by atoms with Gasteiger partial charge < -0.3 is 10.0 Å². The predicted octanol–water partition coefficient (Wildman–Crippen LogP) is 1.46. The molecule has 3 heteroatoms. The molecule has 0 aromatic rings. The van der Waals surface area contributed by atoms with E-state index in [1.165, 1.54) is 12.8 Å². The first-order valence-electron chi connectivity index (χ1n) is 4.42. The lowest BCUT2D eigenvalue weighted by Crippen LogP contribution is -2.14. The molecule has 3 nitrogen and oxygen atoms in total. The molecule has 0 bridgehead atoms. The minimum Gasteiger partial charge on any atom is -0.478 e. The summed E-state index contributed by atoms with van der Waals surface area (Å²) in [6, 6.07) is 0. The summed E-state index contributed by atoms with van der Waals surface area (Å²) in [7, 11) is 0. The SMILES string of the molecule is CC/C(=C\N1CCCC1)C(=O)O. The highest BCUT2D eigenvalue weighted by molar-refractivity contribution is 5.86. The summed E-state index contributed by atoms with van der Waals surface area (Å²) in [5, 5.41) is 8.74. The molecule has 68 valence electrons. The smallest absolute Gasteiger partial charge is 0.333 e. The van der Waals surface area contributed by atoms with Crippen molar-refractivity contribution in [2.45, 2.75) is 26.2 Å². The van der Waals surface area contributed by atoms with Crippen LogP contribution in [0.5, 0.6) is 0 Å². The normalized spacial score (nSPS) is 18.4. The van der Waals surface area contributed by atoms with Crippen LogP contribution < -0.4 is 0 Å². The van der Waals surface area contributed by atoms with E-state index in [2.05, 4.69) is 4.90 Å². The van der Waals surface area contributed by atoms with Crippen molar-refractivity contribution < 1.29 is 9.90 Å². The summed E-state index contributed by atoms with van der Waals surface area (Å²) >= 11 is 0. The first kappa shape index (κ1) is 9.10. The van der Waals surface area contributed by atoms with Crippen LogP contribution in [0.1, 0.15) is 26.2 Å². The third-order valence-electron chi connectivity index (χ3n) is 2.13. The molecule has 0 aromatic heterocycles. The molecular formula is C9H15NO2. The van der Waals surface area contributed by atoms with Gasteiger partial charge in [-0.2, -0.15) is 0 Å². The zero-order valence-electron chi connectivity index (χ0n) is 7.42. The summed E-state index contributed by atoms with van der Waals surface area (Å²) in [6.45, 7) is 3.89. The average molecular weight is 169 g/mol. The topological polar surface area (TPSA) is 40.5 Å². The number of carboxylic acid groups (broad SMARTS) is 1. The fourth-order valence-electron chi connectivity index (χ4n) is 1.39. The molecule has 0 unspecified atom stereocenters. The Morgan fingerprint density at radius 2 is 2.08 bits per heavy atom. The number of hydrogen-bond acceptors (Lipinski definition) is 2. The minimum absolute atomic E-state index is 0.511. The van der Waals surface area contributed by atoms with Crippen molar-refractivity contribution in [3.05, 3.63) is 11.8 Å². The van der Waals surface area contributed by atoms with Crippen LogP contribution >= 0.6 is 0 Å². The van der Waals surface area contributed by atoms with Gasteiger partial charge in [-0.1, -0.05) is 6.92 Å². The van der Waals surface area contributed by atoms with Crippen LogP contribution in [0, 0.1) is 0 Å². The molecule has 1 N–H and O–H groups in total.